The fourth-order valence-electron chi connectivity index (χ4n) is 1.33. The Kier molecular flexibility index (Phi) is 3.36. The molecule has 2 rings (SSSR count). The highest BCUT2D eigenvalue weighted by molar-refractivity contribution is 9.10. The van der Waals surface area contributed by atoms with E-state index in [2.05, 4.69) is 31.2 Å². The minimum Gasteiger partial charge on any atom is -0.396 e. The highest BCUT2D eigenvalue weighted by Crippen LogP contribution is 2.27. The lowest BCUT2D eigenvalue weighted by atomic mass is 10.2. The van der Waals surface area contributed by atoms with E-state index in [1.807, 2.05) is 18.3 Å². The number of nitrogen functional groups attached to an aromatic ring is 1. The van der Waals surface area contributed by atoms with E-state index >= 15 is 0 Å². The minimum absolute atomic E-state index is 0.623. The molecular formula is C11H11BrN4. The summed E-state index contributed by atoms with van der Waals surface area (Å²) in [6, 6.07) is 3.91. The second-order valence-corrected chi connectivity index (χ2v) is 4.15. The number of rotatable bonds is 3. The van der Waals surface area contributed by atoms with Gasteiger partial charge < -0.3 is 11.1 Å². The van der Waals surface area contributed by atoms with Gasteiger partial charge in [0.05, 0.1) is 22.0 Å². The quantitative estimate of drug-likeness (QED) is 0.905. The van der Waals surface area contributed by atoms with E-state index < -0.39 is 0 Å². The van der Waals surface area contributed by atoms with Gasteiger partial charge in [-0.05, 0) is 27.6 Å². The Balaban J connectivity index is 2.11. The zero-order chi connectivity index (χ0) is 11.4. The average Bonchev–Trinajstić information content (AvgIpc) is 2.30. The molecule has 0 saturated heterocycles. The van der Waals surface area contributed by atoms with E-state index in [0.717, 1.165) is 15.7 Å². The zero-order valence-corrected chi connectivity index (χ0v) is 10.1. The monoisotopic (exact) mass is 278 g/mol. The molecule has 4 nitrogen and oxygen atoms in total. The number of halogens is 1. The Hall–Kier alpha value is -1.62. The van der Waals surface area contributed by atoms with E-state index in [-0.39, 0.29) is 0 Å². The van der Waals surface area contributed by atoms with Crippen molar-refractivity contribution >= 4 is 27.3 Å². The van der Waals surface area contributed by atoms with Crippen LogP contribution in [-0.4, -0.2) is 9.97 Å². The number of nitrogens with one attached hydrogen (secondary N) is 1. The van der Waals surface area contributed by atoms with Crippen LogP contribution in [0.15, 0.2) is 41.4 Å². The fraction of sp³-hybridized carbons (Fsp3) is 0.0909. The van der Waals surface area contributed by atoms with Crippen molar-refractivity contribution in [3.8, 4) is 0 Å². The van der Waals surface area contributed by atoms with Crippen LogP contribution in [0.3, 0.4) is 0 Å². The molecule has 0 spiro atoms. The van der Waals surface area contributed by atoms with Crippen molar-refractivity contribution in [3.63, 3.8) is 0 Å². The number of aromatic nitrogens is 2. The van der Waals surface area contributed by atoms with Gasteiger partial charge in [0.1, 0.15) is 0 Å². The van der Waals surface area contributed by atoms with Crippen molar-refractivity contribution in [2.75, 3.05) is 11.1 Å². The van der Waals surface area contributed by atoms with Crippen molar-refractivity contribution in [1.29, 1.82) is 0 Å². The van der Waals surface area contributed by atoms with Crippen molar-refractivity contribution in [1.82, 2.24) is 9.97 Å². The molecule has 0 bridgehead atoms. The molecule has 0 radical (unpaired) electrons. The Bertz CT molecular complexity index is 452. The molecule has 0 aliphatic carbocycles. The van der Waals surface area contributed by atoms with E-state index in [1.54, 1.807) is 18.6 Å². The predicted octanol–water partition coefficient (Wildman–Crippen LogP) is 2.43. The molecule has 0 amide bonds. The van der Waals surface area contributed by atoms with Crippen LogP contribution in [-0.2, 0) is 6.54 Å². The maximum atomic E-state index is 5.81. The maximum absolute atomic E-state index is 5.81. The first-order chi connectivity index (χ1) is 7.77. The molecule has 0 aliphatic rings. The number of hydrogen-bond donors (Lipinski definition) is 2. The summed E-state index contributed by atoms with van der Waals surface area (Å²) in [5.41, 5.74) is 8.40. The van der Waals surface area contributed by atoms with Gasteiger partial charge in [-0.25, -0.2) is 0 Å². The molecule has 2 heterocycles. The summed E-state index contributed by atoms with van der Waals surface area (Å²) in [4.78, 5) is 8.02. The number of nitrogens with two attached hydrogens (primary N) is 1. The van der Waals surface area contributed by atoms with E-state index in [4.69, 9.17) is 5.73 Å². The van der Waals surface area contributed by atoms with Gasteiger partial charge in [-0.1, -0.05) is 6.07 Å². The van der Waals surface area contributed by atoms with Crippen molar-refractivity contribution in [3.05, 3.63) is 47.0 Å². The first-order valence-corrected chi connectivity index (χ1v) is 5.58. The largest absolute Gasteiger partial charge is 0.396 e. The van der Waals surface area contributed by atoms with Crippen molar-refractivity contribution in [2.45, 2.75) is 6.54 Å². The first-order valence-electron chi connectivity index (χ1n) is 4.79. The second kappa shape index (κ2) is 4.94. The number of pyridine rings is 2. The molecule has 82 valence electrons. The fourth-order valence-corrected chi connectivity index (χ4v) is 1.82. The number of nitrogens with zero attached hydrogens (tertiary/aromatic N) is 2. The van der Waals surface area contributed by atoms with Crippen LogP contribution in [0.4, 0.5) is 11.4 Å². The van der Waals surface area contributed by atoms with E-state index in [9.17, 15) is 0 Å². The third-order valence-corrected chi connectivity index (χ3v) is 2.72. The zero-order valence-electron chi connectivity index (χ0n) is 8.52. The van der Waals surface area contributed by atoms with Gasteiger partial charge in [-0.2, -0.15) is 0 Å². The molecule has 16 heavy (non-hydrogen) atoms. The van der Waals surface area contributed by atoms with Gasteiger partial charge in [0.25, 0.3) is 0 Å². The summed E-state index contributed by atoms with van der Waals surface area (Å²) >= 11 is 3.40. The lowest BCUT2D eigenvalue weighted by Gasteiger charge is -2.10. The molecule has 0 atom stereocenters. The van der Waals surface area contributed by atoms with Gasteiger partial charge >= 0.3 is 0 Å². The first kappa shape index (κ1) is 10.9. The SMILES string of the molecule is Nc1cncc(Br)c1NCc1cccnc1. The van der Waals surface area contributed by atoms with Gasteiger partial charge in [-0.15, -0.1) is 0 Å². The van der Waals surface area contributed by atoms with E-state index in [0.29, 0.717) is 12.2 Å². The minimum atomic E-state index is 0.623. The van der Waals surface area contributed by atoms with Crippen LogP contribution in [0.25, 0.3) is 0 Å². The van der Waals surface area contributed by atoms with Crippen LogP contribution >= 0.6 is 15.9 Å². The molecule has 0 unspecified atom stereocenters. The Labute approximate surface area is 102 Å². The van der Waals surface area contributed by atoms with Gasteiger partial charge in [0, 0.05) is 25.1 Å². The van der Waals surface area contributed by atoms with Crippen LogP contribution in [0.1, 0.15) is 5.56 Å². The molecule has 0 aliphatic heterocycles. The molecule has 0 saturated carbocycles. The Morgan fingerprint density at radius 1 is 1.25 bits per heavy atom. The van der Waals surface area contributed by atoms with Gasteiger partial charge in [-0.3, -0.25) is 9.97 Å². The van der Waals surface area contributed by atoms with Crippen LogP contribution < -0.4 is 11.1 Å². The lowest BCUT2D eigenvalue weighted by Crippen LogP contribution is -2.03. The maximum Gasteiger partial charge on any atom is 0.0752 e. The standard InChI is InChI=1S/C11H11BrN4/c12-9-6-15-7-10(13)11(9)16-5-8-2-1-3-14-4-8/h1-4,6-7H,5,13H2,(H,15,16). The summed E-state index contributed by atoms with van der Waals surface area (Å²) in [5.74, 6) is 0. The van der Waals surface area contributed by atoms with Crippen LogP contribution in [0.5, 0.6) is 0 Å². The average molecular weight is 279 g/mol. The van der Waals surface area contributed by atoms with Gasteiger partial charge in [0.15, 0.2) is 0 Å². The molecule has 0 aromatic carbocycles. The highest BCUT2D eigenvalue weighted by Gasteiger charge is 2.03. The Morgan fingerprint density at radius 2 is 2.12 bits per heavy atom. The molecular weight excluding hydrogens is 268 g/mol. The molecule has 3 N–H and O–H groups in total. The summed E-state index contributed by atoms with van der Waals surface area (Å²) < 4.78 is 0.858. The summed E-state index contributed by atoms with van der Waals surface area (Å²) in [6.45, 7) is 0.681. The van der Waals surface area contributed by atoms with Crippen LogP contribution in [0.2, 0.25) is 0 Å². The summed E-state index contributed by atoms with van der Waals surface area (Å²) in [7, 11) is 0. The van der Waals surface area contributed by atoms with Gasteiger partial charge in [0.2, 0.25) is 0 Å². The van der Waals surface area contributed by atoms with Crippen molar-refractivity contribution < 1.29 is 0 Å². The van der Waals surface area contributed by atoms with Crippen molar-refractivity contribution in [2.24, 2.45) is 0 Å². The van der Waals surface area contributed by atoms with E-state index in [1.165, 1.54) is 0 Å². The normalized spacial score (nSPS) is 10.1. The third-order valence-electron chi connectivity index (χ3n) is 2.12. The lowest BCUT2D eigenvalue weighted by molar-refractivity contribution is 1.11. The topological polar surface area (TPSA) is 63.8 Å². The second-order valence-electron chi connectivity index (χ2n) is 3.30. The summed E-state index contributed by atoms with van der Waals surface area (Å²) in [5, 5.41) is 3.25. The Morgan fingerprint density at radius 3 is 2.81 bits per heavy atom. The number of anilines is 2. The molecule has 5 heteroatoms. The predicted molar refractivity (Wildman–Crippen MR) is 67.9 cm³/mol. The molecule has 0 fully saturated rings. The van der Waals surface area contributed by atoms with Crippen LogP contribution in [0, 0.1) is 0 Å². The summed E-state index contributed by atoms with van der Waals surface area (Å²) in [6.07, 6.45) is 6.90. The highest BCUT2D eigenvalue weighted by atomic mass is 79.9. The third kappa shape index (κ3) is 2.49. The molecule has 2 aromatic heterocycles. The smallest absolute Gasteiger partial charge is 0.0752 e. The number of hydrogen-bond acceptors (Lipinski definition) is 4. The molecule has 2 aromatic rings.